The van der Waals surface area contributed by atoms with Gasteiger partial charge in [0.05, 0.1) is 10.6 Å². The number of halogens is 1. The van der Waals surface area contributed by atoms with E-state index in [1.165, 1.54) is 24.3 Å². The molecule has 7 nitrogen and oxygen atoms in total. The molecule has 3 aromatic carbocycles. The summed E-state index contributed by atoms with van der Waals surface area (Å²) in [4.78, 5) is 17.5. The van der Waals surface area contributed by atoms with Crippen LogP contribution in [0.4, 0.5) is 21.5 Å². The molecule has 0 spiro atoms. The van der Waals surface area contributed by atoms with Crippen LogP contribution >= 0.6 is 0 Å². The van der Waals surface area contributed by atoms with E-state index in [9.17, 15) is 17.6 Å². The molecule has 34 heavy (non-hydrogen) atoms. The third-order valence-electron chi connectivity index (χ3n) is 5.75. The van der Waals surface area contributed by atoms with Crippen LogP contribution in [0.3, 0.4) is 0 Å². The van der Waals surface area contributed by atoms with Crippen molar-refractivity contribution < 1.29 is 17.6 Å². The van der Waals surface area contributed by atoms with Crippen LogP contribution in [0.15, 0.2) is 83.8 Å². The number of carbonyl (C=O) groups is 1. The van der Waals surface area contributed by atoms with Crippen molar-refractivity contribution in [2.75, 3.05) is 54.3 Å². The van der Waals surface area contributed by atoms with Crippen molar-refractivity contribution in [1.82, 2.24) is 4.90 Å². The predicted octanol–water partition coefficient (Wildman–Crippen LogP) is 3.41. The summed E-state index contributed by atoms with van der Waals surface area (Å²) in [5.74, 6) is -0.998. The summed E-state index contributed by atoms with van der Waals surface area (Å²) in [5.41, 5.74) is 1.84. The zero-order valence-corrected chi connectivity index (χ0v) is 19.7. The Morgan fingerprint density at radius 3 is 2.15 bits per heavy atom. The second kappa shape index (κ2) is 10.2. The highest BCUT2D eigenvalue weighted by molar-refractivity contribution is 7.92. The maximum atomic E-state index is 13.5. The molecule has 0 radical (unpaired) electrons. The van der Waals surface area contributed by atoms with Crippen molar-refractivity contribution in [3.63, 3.8) is 0 Å². The number of likely N-dealkylation sites (N-methyl/N-ethyl adjacent to an activating group) is 1. The quantitative estimate of drug-likeness (QED) is 0.559. The molecule has 0 aromatic heterocycles. The third-order valence-corrected chi connectivity index (χ3v) is 7.54. The predicted molar refractivity (Wildman–Crippen MR) is 132 cm³/mol. The summed E-state index contributed by atoms with van der Waals surface area (Å²) in [6.07, 6.45) is 0. The highest BCUT2D eigenvalue weighted by atomic mass is 32.2. The molecule has 9 heteroatoms. The van der Waals surface area contributed by atoms with Crippen LogP contribution in [0, 0.1) is 5.82 Å². The lowest BCUT2D eigenvalue weighted by Gasteiger charge is -2.34. The van der Waals surface area contributed by atoms with E-state index in [0.29, 0.717) is 5.69 Å². The fraction of sp³-hybridized carbons (Fsp3) is 0.240. The lowest BCUT2D eigenvalue weighted by atomic mass is 10.2. The average molecular weight is 483 g/mol. The van der Waals surface area contributed by atoms with E-state index in [4.69, 9.17) is 0 Å². The Labute approximate surface area is 199 Å². The molecule has 3 aromatic rings. The van der Waals surface area contributed by atoms with Crippen molar-refractivity contribution in [2.24, 2.45) is 0 Å². The highest BCUT2D eigenvalue weighted by Crippen LogP contribution is 2.24. The Morgan fingerprint density at radius 1 is 0.912 bits per heavy atom. The summed E-state index contributed by atoms with van der Waals surface area (Å²) < 4.78 is 41.0. The standard InChI is InChI=1S/C25H27FN4O3S/c1-28-15-17-29(18-16-28)22-13-9-21(10-14-22)27-25(31)19-30(23-11-7-20(26)8-12-23)34(32,33)24-5-3-2-4-6-24/h2-14H,15-19H2,1H3,(H,27,31). The smallest absolute Gasteiger partial charge is 0.264 e. The van der Waals surface area contributed by atoms with Gasteiger partial charge in [0.1, 0.15) is 12.4 Å². The molecule has 0 aliphatic carbocycles. The fourth-order valence-electron chi connectivity index (χ4n) is 3.79. The minimum atomic E-state index is -4.04. The van der Waals surface area contributed by atoms with Crippen LogP contribution in [0.2, 0.25) is 0 Å². The first-order valence-electron chi connectivity index (χ1n) is 11.0. The van der Waals surface area contributed by atoms with Crippen LogP contribution in [-0.2, 0) is 14.8 Å². The Balaban J connectivity index is 1.50. The van der Waals surface area contributed by atoms with E-state index in [-0.39, 0.29) is 10.6 Å². The molecule has 1 aliphatic rings. The maximum absolute atomic E-state index is 13.5. The number of anilines is 3. The van der Waals surface area contributed by atoms with Gasteiger partial charge in [-0.2, -0.15) is 0 Å². The molecule has 1 saturated heterocycles. The van der Waals surface area contributed by atoms with Crippen molar-refractivity contribution in [1.29, 1.82) is 0 Å². The Kier molecular flexibility index (Phi) is 7.14. The van der Waals surface area contributed by atoms with Crippen LogP contribution in [0.25, 0.3) is 0 Å². The summed E-state index contributed by atoms with van der Waals surface area (Å²) in [5, 5.41) is 2.77. The largest absolute Gasteiger partial charge is 0.369 e. The first-order chi connectivity index (χ1) is 16.3. The third kappa shape index (κ3) is 5.55. The molecule has 1 heterocycles. The van der Waals surface area contributed by atoms with Gasteiger partial charge in [0.15, 0.2) is 0 Å². The molecule has 0 atom stereocenters. The van der Waals surface area contributed by atoms with E-state index in [1.807, 2.05) is 12.1 Å². The molecule has 0 saturated carbocycles. The minimum Gasteiger partial charge on any atom is -0.369 e. The number of nitrogens with one attached hydrogen (secondary N) is 1. The highest BCUT2D eigenvalue weighted by Gasteiger charge is 2.27. The van der Waals surface area contributed by atoms with Gasteiger partial charge in [-0.05, 0) is 67.7 Å². The van der Waals surface area contributed by atoms with Gasteiger partial charge in [-0.3, -0.25) is 9.10 Å². The number of nitrogens with zero attached hydrogens (tertiary/aromatic N) is 3. The molecule has 178 valence electrons. The number of rotatable bonds is 7. The van der Waals surface area contributed by atoms with Gasteiger partial charge in [0, 0.05) is 37.6 Å². The summed E-state index contributed by atoms with van der Waals surface area (Å²) in [6, 6.07) is 20.4. The first kappa shape index (κ1) is 23.7. The minimum absolute atomic E-state index is 0.0451. The van der Waals surface area contributed by atoms with Gasteiger partial charge in [0.25, 0.3) is 10.0 Å². The number of benzene rings is 3. The molecule has 0 unspecified atom stereocenters. The Hall–Kier alpha value is -3.43. The maximum Gasteiger partial charge on any atom is 0.264 e. The summed E-state index contributed by atoms with van der Waals surface area (Å²) in [7, 11) is -1.94. The van der Waals surface area contributed by atoms with Crippen LogP contribution in [0.5, 0.6) is 0 Å². The average Bonchev–Trinajstić information content (AvgIpc) is 2.85. The molecule has 1 amide bonds. The lowest BCUT2D eigenvalue weighted by molar-refractivity contribution is -0.114. The summed E-state index contributed by atoms with van der Waals surface area (Å²) in [6.45, 7) is 3.41. The zero-order chi connectivity index (χ0) is 24.1. The molecular formula is C25H27FN4O3S. The number of sulfonamides is 1. The summed E-state index contributed by atoms with van der Waals surface area (Å²) >= 11 is 0. The van der Waals surface area contributed by atoms with E-state index >= 15 is 0 Å². The topological polar surface area (TPSA) is 73.0 Å². The molecule has 4 rings (SSSR count). The van der Waals surface area contributed by atoms with Gasteiger partial charge >= 0.3 is 0 Å². The number of carbonyl (C=O) groups excluding carboxylic acids is 1. The van der Waals surface area contributed by atoms with Gasteiger partial charge < -0.3 is 15.1 Å². The molecule has 1 N–H and O–H groups in total. The Bertz CT molecular complexity index is 1210. The van der Waals surface area contributed by atoms with Gasteiger partial charge in [-0.15, -0.1) is 0 Å². The number of hydrogen-bond acceptors (Lipinski definition) is 5. The molecule has 1 aliphatic heterocycles. The Morgan fingerprint density at radius 2 is 1.53 bits per heavy atom. The van der Waals surface area contributed by atoms with E-state index in [2.05, 4.69) is 22.2 Å². The number of piperazine rings is 1. The monoisotopic (exact) mass is 482 g/mol. The fourth-order valence-corrected chi connectivity index (χ4v) is 5.24. The van der Waals surface area contributed by atoms with E-state index in [1.54, 1.807) is 30.3 Å². The van der Waals surface area contributed by atoms with Crippen molar-refractivity contribution in [3.8, 4) is 0 Å². The normalized spacial score (nSPS) is 14.6. The lowest BCUT2D eigenvalue weighted by Crippen LogP contribution is -2.44. The van der Waals surface area contributed by atoms with Gasteiger partial charge in [-0.1, -0.05) is 18.2 Å². The number of hydrogen-bond donors (Lipinski definition) is 1. The van der Waals surface area contributed by atoms with Crippen LogP contribution < -0.4 is 14.5 Å². The first-order valence-corrected chi connectivity index (χ1v) is 12.4. The van der Waals surface area contributed by atoms with E-state index < -0.39 is 28.3 Å². The number of amides is 1. The second-order valence-corrected chi connectivity index (χ2v) is 10.0. The zero-order valence-electron chi connectivity index (χ0n) is 18.9. The second-order valence-electron chi connectivity index (χ2n) is 8.19. The van der Waals surface area contributed by atoms with Crippen molar-refractivity contribution >= 4 is 33.0 Å². The van der Waals surface area contributed by atoms with Crippen molar-refractivity contribution in [3.05, 3.63) is 84.7 Å². The van der Waals surface area contributed by atoms with Crippen LogP contribution in [0.1, 0.15) is 0 Å². The molecule has 0 bridgehead atoms. The van der Waals surface area contributed by atoms with Gasteiger partial charge in [-0.25, -0.2) is 12.8 Å². The molecule has 1 fully saturated rings. The molecular weight excluding hydrogens is 455 g/mol. The SMILES string of the molecule is CN1CCN(c2ccc(NC(=O)CN(c3ccc(F)cc3)S(=O)(=O)c3ccccc3)cc2)CC1. The van der Waals surface area contributed by atoms with Gasteiger partial charge in [0.2, 0.25) is 5.91 Å². The van der Waals surface area contributed by atoms with Crippen LogP contribution in [-0.4, -0.2) is 59.0 Å². The van der Waals surface area contributed by atoms with Crippen molar-refractivity contribution in [2.45, 2.75) is 4.90 Å². The van der Waals surface area contributed by atoms with E-state index in [0.717, 1.165) is 48.3 Å².